The highest BCUT2D eigenvalue weighted by atomic mass is 19.4. The Bertz CT molecular complexity index is 373. The molecular weight excluding hydrogens is 277 g/mol. The Morgan fingerprint density at radius 1 is 1.45 bits per heavy atom. The third kappa shape index (κ3) is 4.66. The first kappa shape index (κ1) is 16.7. The molecule has 0 bridgehead atoms. The fraction of sp³-hybridized carbons (Fsp3) is 0.833. The Morgan fingerprint density at radius 3 is 2.55 bits per heavy atom. The van der Waals surface area contributed by atoms with Crippen molar-refractivity contribution in [2.75, 3.05) is 26.7 Å². The first-order chi connectivity index (χ1) is 9.11. The van der Waals surface area contributed by atoms with Gasteiger partial charge >= 0.3 is 12.1 Å². The number of alkyl halides is 3. The van der Waals surface area contributed by atoms with Gasteiger partial charge in [0.15, 0.2) is 0 Å². The predicted octanol–water partition coefficient (Wildman–Crippen LogP) is 1.19. The number of amides is 1. The number of hydrogen-bond acceptors (Lipinski definition) is 3. The molecule has 116 valence electrons. The third-order valence-corrected chi connectivity index (χ3v) is 3.54. The van der Waals surface area contributed by atoms with Gasteiger partial charge in [-0.15, -0.1) is 0 Å². The van der Waals surface area contributed by atoms with Crippen LogP contribution in [0.4, 0.5) is 13.2 Å². The van der Waals surface area contributed by atoms with Gasteiger partial charge in [-0.1, -0.05) is 0 Å². The van der Waals surface area contributed by atoms with Crippen LogP contribution in [-0.4, -0.2) is 65.7 Å². The number of aliphatic carboxylic acids is 1. The normalized spacial score (nSPS) is 22.4. The molecule has 20 heavy (non-hydrogen) atoms. The standard InChI is InChI=1S/C12H19F3N2O3/c1-8(11(19)20)16(2)10(18)9-4-3-5-17(6-9)7-12(13,14)15/h8-9H,3-7H2,1-2H3,(H,19,20). The van der Waals surface area contributed by atoms with Gasteiger partial charge in [0.1, 0.15) is 6.04 Å². The Kier molecular flexibility index (Phi) is 5.38. The minimum absolute atomic E-state index is 0.0228. The summed E-state index contributed by atoms with van der Waals surface area (Å²) in [6.45, 7) is 0.669. The number of nitrogens with zero attached hydrogens (tertiary/aromatic N) is 2. The molecule has 1 aliphatic heterocycles. The number of carbonyl (C=O) groups excluding carboxylic acids is 1. The number of likely N-dealkylation sites (N-methyl/N-ethyl adjacent to an activating group) is 1. The van der Waals surface area contributed by atoms with Crippen LogP contribution in [0.5, 0.6) is 0 Å². The van der Waals surface area contributed by atoms with Crippen molar-refractivity contribution in [2.45, 2.75) is 32.0 Å². The first-order valence-corrected chi connectivity index (χ1v) is 6.40. The summed E-state index contributed by atoms with van der Waals surface area (Å²) in [5.74, 6) is -2.12. The second-order valence-corrected chi connectivity index (χ2v) is 5.15. The zero-order valence-electron chi connectivity index (χ0n) is 11.5. The molecule has 0 spiro atoms. The number of rotatable bonds is 4. The lowest BCUT2D eigenvalue weighted by atomic mass is 9.96. The average Bonchev–Trinajstić information content (AvgIpc) is 2.34. The monoisotopic (exact) mass is 296 g/mol. The van der Waals surface area contributed by atoms with E-state index >= 15 is 0 Å². The molecule has 0 aromatic carbocycles. The van der Waals surface area contributed by atoms with Crippen LogP contribution in [0.1, 0.15) is 19.8 Å². The van der Waals surface area contributed by atoms with Crippen LogP contribution in [0.25, 0.3) is 0 Å². The molecule has 2 atom stereocenters. The summed E-state index contributed by atoms with van der Waals surface area (Å²) in [5.41, 5.74) is 0. The molecule has 1 heterocycles. The fourth-order valence-electron chi connectivity index (χ4n) is 2.30. The molecule has 1 amide bonds. The van der Waals surface area contributed by atoms with Gasteiger partial charge in [-0.05, 0) is 26.3 Å². The molecule has 1 aliphatic rings. The minimum atomic E-state index is -4.29. The zero-order valence-corrected chi connectivity index (χ0v) is 11.5. The molecule has 2 unspecified atom stereocenters. The van der Waals surface area contributed by atoms with Gasteiger partial charge in [0.2, 0.25) is 5.91 Å². The number of likely N-dealkylation sites (tertiary alicyclic amines) is 1. The van der Waals surface area contributed by atoms with Crippen molar-refractivity contribution in [1.82, 2.24) is 9.80 Å². The van der Waals surface area contributed by atoms with E-state index in [-0.39, 0.29) is 6.54 Å². The van der Waals surface area contributed by atoms with Crippen LogP contribution in [0.15, 0.2) is 0 Å². The summed E-state index contributed by atoms with van der Waals surface area (Å²) in [7, 11) is 1.36. The van der Waals surface area contributed by atoms with Crippen LogP contribution in [0.2, 0.25) is 0 Å². The number of carbonyl (C=O) groups is 2. The van der Waals surface area contributed by atoms with E-state index in [9.17, 15) is 22.8 Å². The van der Waals surface area contributed by atoms with E-state index in [1.165, 1.54) is 18.9 Å². The van der Waals surface area contributed by atoms with E-state index < -0.39 is 36.6 Å². The number of piperidine rings is 1. The fourth-order valence-corrected chi connectivity index (χ4v) is 2.30. The van der Waals surface area contributed by atoms with Crippen LogP contribution in [0.3, 0.4) is 0 Å². The molecule has 1 N–H and O–H groups in total. The second-order valence-electron chi connectivity index (χ2n) is 5.15. The van der Waals surface area contributed by atoms with Crippen LogP contribution in [0, 0.1) is 5.92 Å². The van der Waals surface area contributed by atoms with E-state index in [0.29, 0.717) is 19.4 Å². The molecule has 0 saturated carbocycles. The molecule has 0 aliphatic carbocycles. The molecule has 0 aromatic rings. The van der Waals surface area contributed by atoms with Crippen LogP contribution >= 0.6 is 0 Å². The summed E-state index contributed by atoms with van der Waals surface area (Å²) in [5, 5.41) is 8.85. The Morgan fingerprint density at radius 2 is 2.05 bits per heavy atom. The Balaban J connectivity index is 2.62. The van der Waals surface area contributed by atoms with E-state index in [4.69, 9.17) is 5.11 Å². The van der Waals surface area contributed by atoms with Gasteiger partial charge in [-0.3, -0.25) is 9.69 Å². The van der Waals surface area contributed by atoms with Gasteiger partial charge in [0.05, 0.1) is 12.5 Å². The lowest BCUT2D eigenvalue weighted by Gasteiger charge is -2.35. The van der Waals surface area contributed by atoms with Crippen molar-refractivity contribution < 1.29 is 27.9 Å². The van der Waals surface area contributed by atoms with Crippen molar-refractivity contribution in [3.63, 3.8) is 0 Å². The average molecular weight is 296 g/mol. The lowest BCUT2D eigenvalue weighted by molar-refractivity contribution is -0.157. The summed E-state index contributed by atoms with van der Waals surface area (Å²) in [4.78, 5) is 25.2. The highest BCUT2D eigenvalue weighted by Crippen LogP contribution is 2.23. The largest absolute Gasteiger partial charge is 0.480 e. The van der Waals surface area contributed by atoms with Gasteiger partial charge in [0.25, 0.3) is 0 Å². The number of hydrogen-bond donors (Lipinski definition) is 1. The molecular formula is C12H19F3N2O3. The van der Waals surface area contributed by atoms with Gasteiger partial charge in [0, 0.05) is 13.6 Å². The highest BCUT2D eigenvalue weighted by Gasteiger charge is 2.36. The molecule has 1 rings (SSSR count). The third-order valence-electron chi connectivity index (χ3n) is 3.54. The molecule has 1 fully saturated rings. The molecule has 0 aromatic heterocycles. The van der Waals surface area contributed by atoms with E-state index in [1.54, 1.807) is 0 Å². The highest BCUT2D eigenvalue weighted by molar-refractivity contribution is 5.84. The summed E-state index contributed by atoms with van der Waals surface area (Å²) in [6.07, 6.45) is -3.29. The molecule has 0 radical (unpaired) electrons. The zero-order chi connectivity index (χ0) is 15.5. The van der Waals surface area contributed by atoms with Crippen molar-refractivity contribution in [3.8, 4) is 0 Å². The van der Waals surface area contributed by atoms with Crippen molar-refractivity contribution >= 4 is 11.9 Å². The molecule has 1 saturated heterocycles. The van der Waals surface area contributed by atoms with Crippen LogP contribution < -0.4 is 0 Å². The quantitative estimate of drug-likeness (QED) is 0.846. The molecule has 5 nitrogen and oxygen atoms in total. The van der Waals surface area contributed by atoms with E-state index in [0.717, 1.165) is 4.90 Å². The van der Waals surface area contributed by atoms with Crippen molar-refractivity contribution in [2.24, 2.45) is 5.92 Å². The second kappa shape index (κ2) is 6.43. The van der Waals surface area contributed by atoms with Gasteiger partial charge in [-0.2, -0.15) is 13.2 Å². The lowest BCUT2D eigenvalue weighted by Crippen LogP contribution is -2.49. The van der Waals surface area contributed by atoms with Gasteiger partial charge in [-0.25, -0.2) is 4.79 Å². The van der Waals surface area contributed by atoms with Crippen molar-refractivity contribution in [1.29, 1.82) is 0 Å². The van der Waals surface area contributed by atoms with Gasteiger partial charge < -0.3 is 10.0 Å². The minimum Gasteiger partial charge on any atom is -0.480 e. The number of carboxylic acids is 1. The van der Waals surface area contributed by atoms with Crippen LogP contribution in [-0.2, 0) is 9.59 Å². The summed E-state index contributed by atoms with van der Waals surface area (Å²) < 4.78 is 37.0. The summed E-state index contributed by atoms with van der Waals surface area (Å²) >= 11 is 0. The maximum atomic E-state index is 12.3. The first-order valence-electron chi connectivity index (χ1n) is 6.40. The molecule has 8 heteroatoms. The SMILES string of the molecule is CC(C(=O)O)N(C)C(=O)C1CCCN(CC(F)(F)F)C1. The number of carboxylic acid groups (broad SMARTS) is 1. The summed E-state index contributed by atoms with van der Waals surface area (Å²) in [6, 6.07) is -0.986. The predicted molar refractivity (Wildman–Crippen MR) is 65.1 cm³/mol. The van der Waals surface area contributed by atoms with E-state index in [1.807, 2.05) is 0 Å². The Hall–Kier alpha value is -1.31. The number of halogens is 3. The maximum Gasteiger partial charge on any atom is 0.401 e. The maximum absolute atomic E-state index is 12.3. The topological polar surface area (TPSA) is 60.9 Å². The van der Waals surface area contributed by atoms with Crippen molar-refractivity contribution in [3.05, 3.63) is 0 Å². The van der Waals surface area contributed by atoms with E-state index in [2.05, 4.69) is 0 Å². The smallest absolute Gasteiger partial charge is 0.401 e. The Labute approximate surface area is 115 Å².